The molecule has 17 heavy (non-hydrogen) atoms. The van der Waals surface area contributed by atoms with Gasteiger partial charge in [-0.05, 0) is 43.5 Å². The van der Waals surface area contributed by atoms with Crippen molar-refractivity contribution in [3.63, 3.8) is 0 Å². The summed E-state index contributed by atoms with van der Waals surface area (Å²) in [7, 11) is 0. The lowest BCUT2D eigenvalue weighted by Gasteiger charge is -2.21. The Morgan fingerprint density at radius 1 is 1.29 bits per heavy atom. The second-order valence-corrected chi connectivity index (χ2v) is 4.89. The molecule has 1 aromatic rings. The van der Waals surface area contributed by atoms with Crippen molar-refractivity contribution in [1.82, 2.24) is 4.90 Å². The lowest BCUT2D eigenvalue weighted by molar-refractivity contribution is 0.255. The Morgan fingerprint density at radius 2 is 1.94 bits per heavy atom. The molecular weight excluding hydrogens is 222 g/mol. The van der Waals surface area contributed by atoms with Crippen molar-refractivity contribution in [1.29, 1.82) is 0 Å². The highest BCUT2D eigenvalue weighted by Gasteiger charge is 2.27. The van der Waals surface area contributed by atoms with Gasteiger partial charge in [-0.25, -0.2) is 8.78 Å². The molecule has 1 aromatic carbocycles. The maximum atomic E-state index is 13.1. The van der Waals surface area contributed by atoms with Crippen LogP contribution in [0.1, 0.15) is 18.9 Å². The molecule has 0 radical (unpaired) electrons. The first kappa shape index (κ1) is 12.5. The largest absolute Gasteiger partial charge is 0.330 e. The second kappa shape index (κ2) is 5.10. The maximum absolute atomic E-state index is 13.1. The predicted octanol–water partition coefficient (Wildman–Crippen LogP) is 2.13. The Balaban J connectivity index is 2.05. The van der Waals surface area contributed by atoms with Gasteiger partial charge in [0.25, 0.3) is 0 Å². The third kappa shape index (κ3) is 3.01. The van der Waals surface area contributed by atoms with Crippen molar-refractivity contribution >= 4 is 0 Å². The van der Waals surface area contributed by atoms with E-state index in [0.29, 0.717) is 30.6 Å². The van der Waals surface area contributed by atoms with Crippen molar-refractivity contribution < 1.29 is 8.78 Å². The van der Waals surface area contributed by atoms with Crippen LogP contribution in [0.25, 0.3) is 0 Å². The van der Waals surface area contributed by atoms with Crippen molar-refractivity contribution in [2.24, 2.45) is 11.7 Å². The third-order valence-corrected chi connectivity index (χ3v) is 3.43. The summed E-state index contributed by atoms with van der Waals surface area (Å²) in [6.07, 6.45) is 1.06. The lowest BCUT2D eigenvalue weighted by atomic mass is 10.1. The van der Waals surface area contributed by atoms with Crippen LogP contribution in [0.2, 0.25) is 0 Å². The summed E-state index contributed by atoms with van der Waals surface area (Å²) >= 11 is 0. The summed E-state index contributed by atoms with van der Waals surface area (Å²) in [4.78, 5) is 2.23. The van der Waals surface area contributed by atoms with Crippen molar-refractivity contribution in [2.75, 3.05) is 13.1 Å². The van der Waals surface area contributed by atoms with Crippen LogP contribution >= 0.6 is 0 Å². The molecule has 2 atom stereocenters. The molecule has 2 unspecified atom stereocenters. The standard InChI is InChI=1S/C13H18F2N2/c1-9-2-11(6-16)8-17(9)7-10-3-12(14)5-13(15)4-10/h3-5,9,11H,2,6-8,16H2,1H3. The van der Waals surface area contributed by atoms with Gasteiger partial charge in [-0.15, -0.1) is 0 Å². The Hall–Kier alpha value is -1.00. The summed E-state index contributed by atoms with van der Waals surface area (Å²) in [5.41, 5.74) is 6.34. The van der Waals surface area contributed by atoms with Crippen LogP contribution in [-0.4, -0.2) is 24.0 Å². The van der Waals surface area contributed by atoms with E-state index in [9.17, 15) is 8.78 Å². The minimum atomic E-state index is -0.512. The zero-order valence-electron chi connectivity index (χ0n) is 10.00. The molecule has 94 valence electrons. The fourth-order valence-corrected chi connectivity index (χ4v) is 2.55. The Bertz CT molecular complexity index is 375. The summed E-state index contributed by atoms with van der Waals surface area (Å²) < 4.78 is 26.1. The maximum Gasteiger partial charge on any atom is 0.126 e. The van der Waals surface area contributed by atoms with E-state index in [1.165, 1.54) is 12.1 Å². The van der Waals surface area contributed by atoms with Crippen LogP contribution in [-0.2, 0) is 6.54 Å². The van der Waals surface area contributed by atoms with E-state index in [0.717, 1.165) is 19.0 Å². The number of nitrogens with two attached hydrogens (primary N) is 1. The number of hydrogen-bond acceptors (Lipinski definition) is 2. The van der Waals surface area contributed by atoms with Crippen molar-refractivity contribution in [2.45, 2.75) is 25.9 Å². The average Bonchev–Trinajstić information content (AvgIpc) is 2.58. The Kier molecular flexibility index (Phi) is 3.74. The van der Waals surface area contributed by atoms with Crippen molar-refractivity contribution in [3.8, 4) is 0 Å². The fourth-order valence-electron chi connectivity index (χ4n) is 2.55. The van der Waals surface area contributed by atoms with E-state index < -0.39 is 11.6 Å². The van der Waals surface area contributed by atoms with Gasteiger partial charge in [-0.3, -0.25) is 4.90 Å². The van der Waals surface area contributed by atoms with E-state index in [-0.39, 0.29) is 0 Å². The fraction of sp³-hybridized carbons (Fsp3) is 0.538. The zero-order chi connectivity index (χ0) is 12.4. The van der Waals surface area contributed by atoms with E-state index in [1.807, 2.05) is 0 Å². The predicted molar refractivity (Wildman–Crippen MR) is 63.4 cm³/mol. The SMILES string of the molecule is CC1CC(CN)CN1Cc1cc(F)cc(F)c1. The van der Waals surface area contributed by atoms with Gasteiger partial charge < -0.3 is 5.73 Å². The molecule has 2 nitrogen and oxygen atoms in total. The van der Waals surface area contributed by atoms with Gasteiger partial charge in [-0.1, -0.05) is 0 Å². The molecule has 1 fully saturated rings. The van der Waals surface area contributed by atoms with E-state index in [4.69, 9.17) is 5.73 Å². The first-order chi connectivity index (χ1) is 8.08. The molecule has 2 rings (SSSR count). The second-order valence-electron chi connectivity index (χ2n) is 4.89. The summed E-state index contributed by atoms with van der Waals surface area (Å²) in [6, 6.07) is 4.12. The number of rotatable bonds is 3. The first-order valence-corrected chi connectivity index (χ1v) is 5.97. The molecule has 4 heteroatoms. The number of halogens is 2. The first-order valence-electron chi connectivity index (χ1n) is 5.97. The molecule has 1 heterocycles. The summed E-state index contributed by atoms with van der Waals surface area (Å²) in [6.45, 7) is 4.31. The molecule has 2 N–H and O–H groups in total. The van der Waals surface area contributed by atoms with Crippen LogP contribution in [0, 0.1) is 17.6 Å². The van der Waals surface area contributed by atoms with Gasteiger partial charge in [-0.2, -0.15) is 0 Å². The highest BCUT2D eigenvalue weighted by Crippen LogP contribution is 2.24. The van der Waals surface area contributed by atoms with Gasteiger partial charge in [0, 0.05) is 25.2 Å². The minimum absolute atomic E-state index is 0.426. The topological polar surface area (TPSA) is 29.3 Å². The van der Waals surface area contributed by atoms with Crippen LogP contribution in [0.5, 0.6) is 0 Å². The van der Waals surface area contributed by atoms with Crippen molar-refractivity contribution in [3.05, 3.63) is 35.4 Å². The van der Waals surface area contributed by atoms with E-state index in [2.05, 4.69) is 11.8 Å². The van der Waals surface area contributed by atoms with Gasteiger partial charge in [0.2, 0.25) is 0 Å². The van der Waals surface area contributed by atoms with Crippen LogP contribution in [0.4, 0.5) is 8.78 Å². The molecule has 1 aliphatic heterocycles. The number of likely N-dealkylation sites (tertiary alicyclic amines) is 1. The highest BCUT2D eigenvalue weighted by atomic mass is 19.1. The Morgan fingerprint density at radius 3 is 2.47 bits per heavy atom. The normalized spacial score (nSPS) is 25.4. The molecule has 0 aliphatic carbocycles. The van der Waals surface area contributed by atoms with Gasteiger partial charge in [0.05, 0.1) is 0 Å². The monoisotopic (exact) mass is 240 g/mol. The quantitative estimate of drug-likeness (QED) is 0.877. The van der Waals surface area contributed by atoms with Gasteiger partial charge >= 0.3 is 0 Å². The molecular formula is C13H18F2N2. The molecule has 0 bridgehead atoms. The smallest absolute Gasteiger partial charge is 0.126 e. The third-order valence-electron chi connectivity index (χ3n) is 3.43. The van der Waals surface area contributed by atoms with E-state index in [1.54, 1.807) is 0 Å². The molecule has 0 aromatic heterocycles. The molecule has 0 amide bonds. The number of benzene rings is 1. The van der Waals surface area contributed by atoms with Crippen LogP contribution in [0.15, 0.2) is 18.2 Å². The molecule has 1 aliphatic rings. The van der Waals surface area contributed by atoms with Crippen LogP contribution < -0.4 is 5.73 Å². The number of hydrogen-bond donors (Lipinski definition) is 1. The highest BCUT2D eigenvalue weighted by molar-refractivity contribution is 5.18. The van der Waals surface area contributed by atoms with Gasteiger partial charge in [0.1, 0.15) is 11.6 Å². The van der Waals surface area contributed by atoms with Crippen LogP contribution in [0.3, 0.4) is 0 Å². The number of nitrogens with zero attached hydrogens (tertiary/aromatic N) is 1. The lowest BCUT2D eigenvalue weighted by Crippen LogP contribution is -2.27. The zero-order valence-corrected chi connectivity index (χ0v) is 10.00. The van der Waals surface area contributed by atoms with Gasteiger partial charge in [0.15, 0.2) is 0 Å². The molecule has 0 spiro atoms. The average molecular weight is 240 g/mol. The molecule has 1 saturated heterocycles. The molecule has 0 saturated carbocycles. The summed E-state index contributed by atoms with van der Waals surface area (Å²) in [5, 5.41) is 0. The summed E-state index contributed by atoms with van der Waals surface area (Å²) in [5.74, 6) is -0.521. The Labute approximate surface area is 100 Å². The van der Waals surface area contributed by atoms with E-state index >= 15 is 0 Å². The minimum Gasteiger partial charge on any atom is -0.330 e.